The molecule has 0 aromatic carbocycles. The average Bonchev–Trinajstić information content (AvgIpc) is 2.87. The van der Waals surface area contributed by atoms with Crippen molar-refractivity contribution >= 4 is 5.91 Å². The van der Waals surface area contributed by atoms with Crippen molar-refractivity contribution in [2.24, 2.45) is 11.1 Å². The number of rotatable bonds is 3. The summed E-state index contributed by atoms with van der Waals surface area (Å²) in [6.45, 7) is 6.05. The Morgan fingerprint density at radius 1 is 1.39 bits per heavy atom. The fraction of sp³-hybridized carbons (Fsp3) is 0.929. The van der Waals surface area contributed by atoms with Crippen LogP contribution in [0.15, 0.2) is 0 Å². The SMILES string of the molecule is CCC1(C(=O)N2CC(C)OC(CN)C2)CCCC1. The van der Waals surface area contributed by atoms with Gasteiger partial charge in [-0.05, 0) is 26.2 Å². The lowest BCUT2D eigenvalue weighted by Crippen LogP contribution is -2.54. The molecule has 1 amide bonds. The predicted molar refractivity (Wildman–Crippen MR) is 71.2 cm³/mol. The summed E-state index contributed by atoms with van der Waals surface area (Å²) in [5.74, 6) is 0.344. The number of hydrogen-bond donors (Lipinski definition) is 1. The molecule has 0 aromatic rings. The van der Waals surface area contributed by atoms with Crippen LogP contribution in [-0.2, 0) is 9.53 Å². The summed E-state index contributed by atoms with van der Waals surface area (Å²) in [6.07, 6.45) is 5.58. The van der Waals surface area contributed by atoms with Crippen molar-refractivity contribution in [3.63, 3.8) is 0 Å². The van der Waals surface area contributed by atoms with Gasteiger partial charge in [0.2, 0.25) is 5.91 Å². The number of nitrogens with zero attached hydrogens (tertiary/aromatic N) is 1. The minimum Gasteiger partial charge on any atom is -0.370 e. The van der Waals surface area contributed by atoms with E-state index in [1.165, 1.54) is 12.8 Å². The normalized spacial score (nSPS) is 31.6. The van der Waals surface area contributed by atoms with Gasteiger partial charge in [-0.2, -0.15) is 0 Å². The Labute approximate surface area is 110 Å². The zero-order valence-electron chi connectivity index (χ0n) is 11.7. The lowest BCUT2D eigenvalue weighted by atomic mass is 9.81. The molecule has 0 spiro atoms. The van der Waals surface area contributed by atoms with Crippen molar-refractivity contribution < 1.29 is 9.53 Å². The van der Waals surface area contributed by atoms with E-state index >= 15 is 0 Å². The van der Waals surface area contributed by atoms with Crippen molar-refractivity contribution in [2.75, 3.05) is 19.6 Å². The molecular weight excluding hydrogens is 228 g/mol. The molecule has 0 aromatic heterocycles. The van der Waals surface area contributed by atoms with E-state index in [2.05, 4.69) is 6.92 Å². The van der Waals surface area contributed by atoms with Crippen LogP contribution in [0.4, 0.5) is 0 Å². The van der Waals surface area contributed by atoms with Crippen LogP contribution in [0.5, 0.6) is 0 Å². The Morgan fingerprint density at radius 2 is 2.06 bits per heavy atom. The number of nitrogens with two attached hydrogens (primary N) is 1. The number of ether oxygens (including phenoxy) is 1. The summed E-state index contributed by atoms with van der Waals surface area (Å²) < 4.78 is 5.73. The third-order valence-corrected chi connectivity index (χ3v) is 4.57. The molecule has 0 bridgehead atoms. The van der Waals surface area contributed by atoms with Gasteiger partial charge in [0.05, 0.1) is 12.2 Å². The lowest BCUT2D eigenvalue weighted by molar-refractivity contribution is -0.154. The molecule has 1 saturated carbocycles. The van der Waals surface area contributed by atoms with Crippen LogP contribution in [-0.4, -0.2) is 42.6 Å². The molecule has 1 heterocycles. The average molecular weight is 254 g/mol. The maximum atomic E-state index is 12.8. The van der Waals surface area contributed by atoms with Crippen LogP contribution in [0.3, 0.4) is 0 Å². The third kappa shape index (κ3) is 2.54. The molecule has 2 aliphatic rings. The quantitative estimate of drug-likeness (QED) is 0.831. The van der Waals surface area contributed by atoms with Gasteiger partial charge >= 0.3 is 0 Å². The molecule has 2 fully saturated rings. The van der Waals surface area contributed by atoms with Crippen molar-refractivity contribution in [2.45, 2.75) is 58.2 Å². The van der Waals surface area contributed by atoms with Gasteiger partial charge in [0.15, 0.2) is 0 Å². The van der Waals surface area contributed by atoms with Gasteiger partial charge in [0, 0.05) is 25.0 Å². The first-order valence-electron chi connectivity index (χ1n) is 7.26. The molecular formula is C14H26N2O2. The molecule has 1 aliphatic heterocycles. The van der Waals surface area contributed by atoms with E-state index in [1.54, 1.807) is 0 Å². The largest absolute Gasteiger partial charge is 0.370 e. The highest BCUT2D eigenvalue weighted by Gasteiger charge is 2.43. The minimum atomic E-state index is -0.0871. The van der Waals surface area contributed by atoms with E-state index in [0.717, 1.165) is 25.8 Å². The number of carbonyl (C=O) groups excluding carboxylic acids is 1. The van der Waals surface area contributed by atoms with Gasteiger partial charge in [-0.3, -0.25) is 4.79 Å². The number of carbonyl (C=O) groups is 1. The summed E-state index contributed by atoms with van der Waals surface area (Å²) >= 11 is 0. The zero-order valence-corrected chi connectivity index (χ0v) is 11.7. The fourth-order valence-electron chi connectivity index (χ4n) is 3.45. The molecule has 1 aliphatic carbocycles. The van der Waals surface area contributed by atoms with E-state index in [4.69, 9.17) is 10.5 Å². The third-order valence-electron chi connectivity index (χ3n) is 4.57. The second kappa shape index (κ2) is 5.57. The van der Waals surface area contributed by atoms with Gasteiger partial charge in [-0.25, -0.2) is 0 Å². The van der Waals surface area contributed by atoms with Crippen LogP contribution in [0.1, 0.15) is 46.0 Å². The van der Waals surface area contributed by atoms with Crippen LogP contribution >= 0.6 is 0 Å². The van der Waals surface area contributed by atoms with E-state index in [-0.39, 0.29) is 17.6 Å². The van der Waals surface area contributed by atoms with Crippen molar-refractivity contribution in [3.05, 3.63) is 0 Å². The molecule has 0 radical (unpaired) electrons. The molecule has 2 rings (SSSR count). The van der Waals surface area contributed by atoms with Gasteiger partial charge < -0.3 is 15.4 Å². The maximum Gasteiger partial charge on any atom is 0.228 e. The van der Waals surface area contributed by atoms with Gasteiger partial charge in [0.1, 0.15) is 0 Å². The van der Waals surface area contributed by atoms with Crippen molar-refractivity contribution in [1.29, 1.82) is 0 Å². The molecule has 18 heavy (non-hydrogen) atoms. The fourth-order valence-corrected chi connectivity index (χ4v) is 3.45. The highest BCUT2D eigenvalue weighted by Crippen LogP contribution is 2.42. The smallest absolute Gasteiger partial charge is 0.228 e. The first kappa shape index (κ1) is 13.8. The number of morpholine rings is 1. The van der Waals surface area contributed by atoms with E-state index in [1.807, 2.05) is 11.8 Å². The molecule has 104 valence electrons. The lowest BCUT2D eigenvalue weighted by Gasteiger charge is -2.41. The zero-order chi connectivity index (χ0) is 13.2. The second-order valence-electron chi connectivity index (χ2n) is 5.86. The Kier molecular flexibility index (Phi) is 4.28. The molecule has 4 nitrogen and oxygen atoms in total. The van der Waals surface area contributed by atoms with Crippen LogP contribution in [0.25, 0.3) is 0 Å². The van der Waals surface area contributed by atoms with Gasteiger partial charge in [-0.15, -0.1) is 0 Å². The molecule has 2 atom stereocenters. The Balaban J connectivity index is 2.07. The predicted octanol–water partition coefficient (Wildman–Crippen LogP) is 1.53. The monoisotopic (exact) mass is 254 g/mol. The second-order valence-corrected chi connectivity index (χ2v) is 5.86. The first-order chi connectivity index (χ1) is 8.61. The first-order valence-corrected chi connectivity index (χ1v) is 7.26. The number of hydrogen-bond acceptors (Lipinski definition) is 3. The Bertz CT molecular complexity index is 300. The van der Waals surface area contributed by atoms with E-state index in [9.17, 15) is 4.79 Å². The molecule has 1 saturated heterocycles. The minimum absolute atomic E-state index is 0.00742. The summed E-state index contributed by atoms with van der Waals surface area (Å²) in [7, 11) is 0. The Hall–Kier alpha value is -0.610. The van der Waals surface area contributed by atoms with Gasteiger partial charge in [-0.1, -0.05) is 19.8 Å². The highest BCUT2D eigenvalue weighted by molar-refractivity contribution is 5.83. The van der Waals surface area contributed by atoms with E-state index < -0.39 is 0 Å². The van der Waals surface area contributed by atoms with Crippen LogP contribution in [0, 0.1) is 5.41 Å². The van der Waals surface area contributed by atoms with Crippen molar-refractivity contribution in [3.8, 4) is 0 Å². The van der Waals surface area contributed by atoms with Crippen LogP contribution < -0.4 is 5.73 Å². The summed E-state index contributed by atoms with van der Waals surface area (Å²) in [5.41, 5.74) is 5.60. The topological polar surface area (TPSA) is 55.6 Å². The molecule has 2 N–H and O–H groups in total. The highest BCUT2D eigenvalue weighted by atomic mass is 16.5. The van der Waals surface area contributed by atoms with E-state index in [0.29, 0.717) is 19.0 Å². The summed E-state index contributed by atoms with van der Waals surface area (Å²) in [5, 5.41) is 0. The van der Waals surface area contributed by atoms with Crippen molar-refractivity contribution in [1.82, 2.24) is 4.90 Å². The Morgan fingerprint density at radius 3 is 2.61 bits per heavy atom. The summed E-state index contributed by atoms with van der Waals surface area (Å²) in [4.78, 5) is 14.8. The molecule has 2 unspecified atom stereocenters. The summed E-state index contributed by atoms with van der Waals surface area (Å²) in [6, 6.07) is 0. The van der Waals surface area contributed by atoms with Gasteiger partial charge in [0.25, 0.3) is 0 Å². The maximum absolute atomic E-state index is 12.8. The number of amides is 1. The standard InChI is InChI=1S/C14H26N2O2/c1-3-14(6-4-5-7-14)13(17)16-9-11(2)18-12(8-15)10-16/h11-12H,3-10,15H2,1-2H3. The molecule has 4 heteroatoms. The van der Waals surface area contributed by atoms with Crippen LogP contribution in [0.2, 0.25) is 0 Å².